The minimum absolute atomic E-state index is 0.0250. The molecule has 3 aromatic rings. The van der Waals surface area contributed by atoms with Gasteiger partial charge >= 0.3 is 0 Å². The molecule has 43 heavy (non-hydrogen) atoms. The number of aliphatic hydroxyl groups is 6. The third-order valence-corrected chi connectivity index (χ3v) is 7.31. The second kappa shape index (κ2) is 11.8. The first kappa shape index (κ1) is 30.7. The molecule has 1 aromatic heterocycles. The van der Waals surface area contributed by atoms with Gasteiger partial charge < -0.3 is 74.4 Å². The summed E-state index contributed by atoms with van der Waals surface area (Å²) >= 11 is 0. The first-order valence-corrected chi connectivity index (χ1v) is 13.0. The molecule has 2 aliphatic rings. The number of benzene rings is 2. The third kappa shape index (κ3) is 5.55. The van der Waals surface area contributed by atoms with E-state index >= 15 is 0 Å². The SMILES string of the molecule is C[C@@H]1O[C@@H](Oc2c(-c3ccc(O)c(O)c3)oc3cc(O)cc(O)c3c2=O)[C@H](O[C@@H]2O[C@H](CO)[C@H](O)[C@H](O)[C@H]2O)[C@H](O)[C@H]1O. The first-order chi connectivity index (χ1) is 20.3. The van der Waals surface area contributed by atoms with Gasteiger partial charge in [0.2, 0.25) is 17.5 Å². The molecule has 0 amide bonds. The van der Waals surface area contributed by atoms with Gasteiger partial charge in [0.1, 0.15) is 59.1 Å². The molecule has 2 fully saturated rings. The van der Waals surface area contributed by atoms with Crippen LogP contribution >= 0.6 is 0 Å². The van der Waals surface area contributed by atoms with Crippen molar-refractivity contribution in [1.82, 2.24) is 0 Å². The molecule has 0 radical (unpaired) electrons. The van der Waals surface area contributed by atoms with Crippen LogP contribution in [0.15, 0.2) is 39.5 Å². The predicted octanol–water partition coefficient (Wildman–Crippen LogP) is -1.69. The highest BCUT2D eigenvalue weighted by atomic mass is 16.8. The number of rotatable bonds is 6. The summed E-state index contributed by atoms with van der Waals surface area (Å²) in [4.78, 5) is 13.7. The summed E-state index contributed by atoms with van der Waals surface area (Å²) in [5, 5.41) is 101. The summed E-state index contributed by atoms with van der Waals surface area (Å²) in [7, 11) is 0. The van der Waals surface area contributed by atoms with Gasteiger partial charge in [-0.1, -0.05) is 0 Å². The Balaban J connectivity index is 1.60. The molecule has 0 saturated carbocycles. The van der Waals surface area contributed by atoms with Crippen LogP contribution in [0.1, 0.15) is 6.92 Å². The molecule has 0 spiro atoms. The topological polar surface area (TPSA) is 269 Å². The van der Waals surface area contributed by atoms with E-state index in [0.717, 1.165) is 24.3 Å². The molecule has 2 aliphatic heterocycles. The van der Waals surface area contributed by atoms with Crippen LogP contribution in [0, 0.1) is 0 Å². The molecular weight excluding hydrogens is 580 g/mol. The molecule has 5 rings (SSSR count). The Kier molecular flexibility index (Phi) is 8.41. The van der Waals surface area contributed by atoms with Gasteiger partial charge in [-0.25, -0.2) is 0 Å². The largest absolute Gasteiger partial charge is 0.508 e. The van der Waals surface area contributed by atoms with Gasteiger partial charge in [-0.2, -0.15) is 0 Å². The number of aromatic hydroxyl groups is 4. The Labute approximate surface area is 241 Å². The Bertz CT molecular complexity index is 1540. The van der Waals surface area contributed by atoms with Gasteiger partial charge in [0, 0.05) is 17.7 Å². The zero-order valence-electron chi connectivity index (χ0n) is 22.3. The van der Waals surface area contributed by atoms with Crippen LogP contribution in [0.3, 0.4) is 0 Å². The average molecular weight is 611 g/mol. The van der Waals surface area contributed by atoms with Crippen LogP contribution in [0.4, 0.5) is 0 Å². The quantitative estimate of drug-likeness (QED) is 0.140. The smallest absolute Gasteiger partial charge is 0.239 e. The number of ether oxygens (including phenoxy) is 4. The Morgan fingerprint density at radius 3 is 2.19 bits per heavy atom. The highest BCUT2D eigenvalue weighted by Gasteiger charge is 2.51. The second-order valence-corrected chi connectivity index (χ2v) is 10.2. The van der Waals surface area contributed by atoms with E-state index in [1.54, 1.807) is 0 Å². The first-order valence-electron chi connectivity index (χ1n) is 13.0. The number of phenolic OH excluding ortho intramolecular Hbond substituents is 4. The summed E-state index contributed by atoms with van der Waals surface area (Å²) in [6.45, 7) is 0.582. The zero-order valence-corrected chi connectivity index (χ0v) is 22.3. The summed E-state index contributed by atoms with van der Waals surface area (Å²) in [5.74, 6) is -3.29. The monoisotopic (exact) mass is 610 g/mol. The zero-order chi connectivity index (χ0) is 31.3. The van der Waals surface area contributed by atoms with Crippen molar-refractivity contribution < 1.29 is 74.4 Å². The van der Waals surface area contributed by atoms with Crippen molar-refractivity contribution in [2.75, 3.05) is 6.61 Å². The Morgan fingerprint density at radius 2 is 1.51 bits per heavy atom. The maximum Gasteiger partial charge on any atom is 0.239 e. The van der Waals surface area contributed by atoms with E-state index in [-0.39, 0.29) is 16.9 Å². The number of hydrogen-bond acceptors (Lipinski definition) is 16. The number of hydrogen-bond donors (Lipinski definition) is 10. The normalized spacial score (nSPS) is 33.0. The predicted molar refractivity (Wildman–Crippen MR) is 140 cm³/mol. The van der Waals surface area contributed by atoms with Crippen molar-refractivity contribution in [1.29, 1.82) is 0 Å². The van der Waals surface area contributed by atoms with Crippen LogP contribution in [-0.4, -0.2) is 119 Å². The maximum atomic E-state index is 13.7. The molecule has 16 nitrogen and oxygen atoms in total. The molecule has 0 aliphatic carbocycles. The van der Waals surface area contributed by atoms with Crippen molar-refractivity contribution in [3.63, 3.8) is 0 Å². The van der Waals surface area contributed by atoms with Gasteiger partial charge in [-0.05, 0) is 25.1 Å². The van der Waals surface area contributed by atoms with Crippen molar-refractivity contribution in [3.8, 4) is 40.1 Å². The summed E-state index contributed by atoms with van der Waals surface area (Å²) < 4.78 is 28.3. The van der Waals surface area contributed by atoms with Crippen LogP contribution in [0.2, 0.25) is 0 Å². The van der Waals surface area contributed by atoms with Crippen molar-refractivity contribution in [3.05, 3.63) is 40.6 Å². The lowest BCUT2D eigenvalue weighted by Gasteiger charge is -2.45. The van der Waals surface area contributed by atoms with E-state index in [4.69, 9.17) is 23.4 Å². The third-order valence-electron chi connectivity index (χ3n) is 7.31. The van der Waals surface area contributed by atoms with Crippen LogP contribution in [-0.2, 0) is 14.2 Å². The molecule has 3 heterocycles. The molecule has 0 bridgehead atoms. The summed E-state index contributed by atoms with van der Waals surface area (Å²) in [6.07, 6.45) is -16.8. The number of phenols is 4. The Hall–Kier alpha value is -3.71. The fourth-order valence-electron chi connectivity index (χ4n) is 4.92. The molecule has 10 atom stereocenters. The van der Waals surface area contributed by atoms with E-state index in [1.165, 1.54) is 13.0 Å². The second-order valence-electron chi connectivity index (χ2n) is 10.2. The van der Waals surface area contributed by atoms with E-state index in [9.17, 15) is 55.9 Å². The van der Waals surface area contributed by atoms with Crippen LogP contribution in [0.25, 0.3) is 22.3 Å². The lowest BCUT2D eigenvalue weighted by molar-refractivity contribution is -0.355. The van der Waals surface area contributed by atoms with Crippen molar-refractivity contribution in [2.45, 2.75) is 68.3 Å². The van der Waals surface area contributed by atoms with E-state index in [0.29, 0.717) is 0 Å². The fourth-order valence-corrected chi connectivity index (χ4v) is 4.92. The van der Waals surface area contributed by atoms with Crippen molar-refractivity contribution >= 4 is 11.0 Å². The lowest BCUT2D eigenvalue weighted by atomic mass is 9.97. The van der Waals surface area contributed by atoms with E-state index in [1.807, 2.05) is 0 Å². The Morgan fingerprint density at radius 1 is 0.791 bits per heavy atom. The molecule has 2 saturated heterocycles. The highest BCUT2D eigenvalue weighted by molar-refractivity contribution is 5.88. The summed E-state index contributed by atoms with van der Waals surface area (Å²) in [5.41, 5.74) is -1.33. The standard InChI is InChI=1S/C27H30O16/c1-8-17(33)21(37)25(43-26-22(38)20(36)18(34)15(7-28)41-26)27(39-8)42-24-19(35)16-13(32)5-10(29)6-14(16)40-23(24)9-2-3-11(30)12(31)4-9/h2-6,8,15,17-18,20-22,25-34,36-38H,7H2,1H3/t8-,15+,17-,18-,20-,21+,22+,25+,26-,27-/m0/s1. The lowest BCUT2D eigenvalue weighted by Crippen LogP contribution is -2.64. The maximum absolute atomic E-state index is 13.7. The molecule has 0 unspecified atom stereocenters. The van der Waals surface area contributed by atoms with Gasteiger partial charge in [-0.3, -0.25) is 4.79 Å². The number of fused-ring (bicyclic) bond motifs is 1. The van der Waals surface area contributed by atoms with Crippen LogP contribution < -0.4 is 10.2 Å². The molecule has 234 valence electrons. The molecule has 10 N–H and O–H groups in total. The average Bonchev–Trinajstić information content (AvgIpc) is 2.96. The van der Waals surface area contributed by atoms with Gasteiger partial charge in [0.25, 0.3) is 0 Å². The van der Waals surface area contributed by atoms with Gasteiger partial charge in [-0.15, -0.1) is 0 Å². The van der Waals surface area contributed by atoms with E-state index in [2.05, 4.69) is 0 Å². The van der Waals surface area contributed by atoms with E-state index < -0.39 is 108 Å². The molecular formula is C27H30O16. The number of aliphatic hydroxyl groups excluding tert-OH is 6. The minimum atomic E-state index is -1.91. The van der Waals surface area contributed by atoms with Crippen molar-refractivity contribution in [2.24, 2.45) is 0 Å². The molecule has 16 heteroatoms. The summed E-state index contributed by atoms with van der Waals surface area (Å²) in [6, 6.07) is 5.27. The van der Waals surface area contributed by atoms with Gasteiger partial charge in [0.15, 0.2) is 29.7 Å². The minimum Gasteiger partial charge on any atom is -0.508 e. The highest BCUT2D eigenvalue weighted by Crippen LogP contribution is 2.40. The molecule has 2 aromatic carbocycles. The van der Waals surface area contributed by atoms with Crippen LogP contribution in [0.5, 0.6) is 28.7 Å². The fraction of sp³-hybridized carbons (Fsp3) is 0.444. The van der Waals surface area contributed by atoms with Gasteiger partial charge in [0.05, 0.1) is 12.7 Å².